The second kappa shape index (κ2) is 3.79. The van der Waals surface area contributed by atoms with Crippen LogP contribution in [0.1, 0.15) is 6.92 Å². The van der Waals surface area contributed by atoms with Gasteiger partial charge >= 0.3 is 0 Å². The first-order chi connectivity index (χ1) is 7.08. The summed E-state index contributed by atoms with van der Waals surface area (Å²) in [6, 6.07) is 1.46. The van der Waals surface area contributed by atoms with Crippen LogP contribution < -0.4 is 10.6 Å². The van der Waals surface area contributed by atoms with Gasteiger partial charge in [0.25, 0.3) is 5.91 Å². The largest absolute Gasteiger partial charge is 0.381 e. The van der Waals surface area contributed by atoms with Crippen molar-refractivity contribution in [3.8, 4) is 0 Å². The minimum absolute atomic E-state index is 0.345. The highest BCUT2D eigenvalue weighted by molar-refractivity contribution is 9.10. The lowest BCUT2D eigenvalue weighted by atomic mass is 10.2. The Morgan fingerprint density at radius 2 is 2.33 bits per heavy atom. The van der Waals surface area contributed by atoms with Crippen LogP contribution in [0.4, 0.5) is 11.5 Å². The second-order valence-electron chi connectivity index (χ2n) is 3.42. The van der Waals surface area contributed by atoms with E-state index in [4.69, 9.17) is 0 Å². The Kier molecular flexibility index (Phi) is 2.62. The van der Waals surface area contributed by atoms with Crippen LogP contribution in [0, 0.1) is 0 Å². The van der Waals surface area contributed by atoms with Crippen LogP contribution in [0.25, 0.3) is 0 Å². The lowest BCUT2D eigenvalue weighted by molar-refractivity contribution is -0.124. The average molecular weight is 272 g/mol. The topological polar surface area (TPSA) is 74.2 Å². The monoisotopic (exact) mass is 271 g/mol. The summed E-state index contributed by atoms with van der Waals surface area (Å²) >= 11 is 3.29. The molecule has 2 heterocycles. The van der Waals surface area contributed by atoms with Crippen LogP contribution in [0.15, 0.2) is 16.7 Å². The molecule has 1 aromatic heterocycles. The molecule has 0 saturated heterocycles. The lowest BCUT2D eigenvalue weighted by Crippen LogP contribution is -2.38. The van der Waals surface area contributed by atoms with Gasteiger partial charge in [-0.1, -0.05) is 0 Å². The van der Waals surface area contributed by atoms with Gasteiger partial charge < -0.3 is 15.7 Å². The lowest BCUT2D eigenvalue weighted by Gasteiger charge is -2.15. The number of nitrogens with zero attached hydrogens (tertiary/aromatic N) is 1. The fraction of sp³-hybridized carbons (Fsp3) is 0.333. The molecule has 6 heteroatoms. The van der Waals surface area contributed by atoms with Gasteiger partial charge in [0.05, 0.1) is 11.7 Å². The van der Waals surface area contributed by atoms with Crippen molar-refractivity contribution in [2.24, 2.45) is 0 Å². The van der Waals surface area contributed by atoms with Gasteiger partial charge in [-0.3, -0.25) is 4.79 Å². The van der Waals surface area contributed by atoms with E-state index in [1.54, 1.807) is 19.2 Å². The Bertz CT molecular complexity index is 410. The fourth-order valence-corrected chi connectivity index (χ4v) is 1.72. The number of aromatic nitrogens is 1. The standard InChI is InChI=1S/C9H10BrN3O2/c1-4-7(14)9(15)13-8-6(12-4)2-5(10)3-11-8/h2-4,7,12,14H,1H3,(H,11,13,15)/t4-,7+/m0/s1. The molecule has 0 fully saturated rings. The summed E-state index contributed by atoms with van der Waals surface area (Å²) in [7, 11) is 0. The number of rotatable bonds is 0. The molecular weight excluding hydrogens is 262 g/mol. The first-order valence-corrected chi connectivity index (χ1v) is 5.28. The molecule has 0 spiro atoms. The molecular formula is C9H10BrN3O2. The first-order valence-electron chi connectivity index (χ1n) is 4.49. The third-order valence-electron chi connectivity index (χ3n) is 2.22. The normalized spacial score (nSPS) is 24.9. The van der Waals surface area contributed by atoms with E-state index in [1.165, 1.54) is 0 Å². The van der Waals surface area contributed by atoms with Gasteiger partial charge in [0.15, 0.2) is 11.9 Å². The number of hydrogen-bond donors (Lipinski definition) is 3. The summed E-state index contributed by atoms with van der Waals surface area (Å²) in [5.74, 6) is -0.00447. The summed E-state index contributed by atoms with van der Waals surface area (Å²) in [5.41, 5.74) is 0.696. The summed E-state index contributed by atoms with van der Waals surface area (Å²) in [6.07, 6.45) is 0.515. The van der Waals surface area contributed by atoms with E-state index >= 15 is 0 Å². The maximum atomic E-state index is 11.4. The number of halogens is 1. The number of pyridine rings is 1. The van der Waals surface area contributed by atoms with Crippen LogP contribution >= 0.6 is 15.9 Å². The third-order valence-corrected chi connectivity index (χ3v) is 2.66. The number of anilines is 2. The zero-order valence-electron chi connectivity index (χ0n) is 7.99. The molecule has 0 bridgehead atoms. The maximum Gasteiger partial charge on any atom is 0.256 e. The molecule has 0 radical (unpaired) electrons. The van der Waals surface area contributed by atoms with E-state index in [0.717, 1.165) is 4.47 Å². The molecule has 1 aliphatic heterocycles. The van der Waals surface area contributed by atoms with Crippen LogP contribution in [-0.4, -0.2) is 28.1 Å². The molecule has 2 atom stereocenters. The minimum atomic E-state index is -1.07. The van der Waals surface area contributed by atoms with Gasteiger partial charge in [-0.05, 0) is 28.9 Å². The zero-order valence-corrected chi connectivity index (χ0v) is 9.58. The van der Waals surface area contributed by atoms with Crippen molar-refractivity contribution in [1.29, 1.82) is 0 Å². The number of aliphatic hydroxyl groups excluding tert-OH is 1. The molecule has 1 aromatic rings. The number of carbonyl (C=O) groups is 1. The smallest absolute Gasteiger partial charge is 0.256 e. The Labute approximate surface area is 95.0 Å². The van der Waals surface area contributed by atoms with Gasteiger partial charge in [0.2, 0.25) is 0 Å². The molecule has 5 nitrogen and oxygen atoms in total. The summed E-state index contributed by atoms with van der Waals surface area (Å²) in [4.78, 5) is 15.5. The van der Waals surface area contributed by atoms with Crippen molar-refractivity contribution in [2.75, 3.05) is 10.6 Å². The predicted octanol–water partition coefficient (Wildman–Crippen LogP) is 0.957. The average Bonchev–Trinajstić information content (AvgIpc) is 2.29. The SMILES string of the molecule is C[C@@H]1Nc2cc(Br)cnc2NC(=O)[C@@H]1O. The van der Waals surface area contributed by atoms with E-state index in [-0.39, 0.29) is 6.04 Å². The molecule has 0 aliphatic carbocycles. The van der Waals surface area contributed by atoms with Gasteiger partial charge in [-0.2, -0.15) is 0 Å². The highest BCUT2D eigenvalue weighted by Crippen LogP contribution is 2.26. The van der Waals surface area contributed by atoms with Crippen LogP contribution in [0.5, 0.6) is 0 Å². The molecule has 80 valence electrons. The van der Waals surface area contributed by atoms with Crippen molar-refractivity contribution >= 4 is 33.3 Å². The number of amides is 1. The summed E-state index contributed by atoms with van der Waals surface area (Å²) < 4.78 is 0.812. The van der Waals surface area contributed by atoms with Crippen LogP contribution in [0.3, 0.4) is 0 Å². The van der Waals surface area contributed by atoms with Crippen molar-refractivity contribution in [3.05, 3.63) is 16.7 Å². The molecule has 0 aromatic carbocycles. The fourth-order valence-electron chi connectivity index (χ4n) is 1.39. The maximum absolute atomic E-state index is 11.4. The Morgan fingerprint density at radius 3 is 3.07 bits per heavy atom. The molecule has 0 unspecified atom stereocenters. The molecule has 1 amide bonds. The van der Waals surface area contributed by atoms with Gasteiger partial charge in [0.1, 0.15) is 0 Å². The minimum Gasteiger partial charge on any atom is -0.381 e. The molecule has 0 saturated carbocycles. The van der Waals surface area contributed by atoms with Gasteiger partial charge in [-0.15, -0.1) is 0 Å². The van der Waals surface area contributed by atoms with Crippen molar-refractivity contribution in [2.45, 2.75) is 19.1 Å². The second-order valence-corrected chi connectivity index (χ2v) is 4.33. The first kappa shape index (κ1) is 10.4. The highest BCUT2D eigenvalue weighted by Gasteiger charge is 2.27. The summed E-state index contributed by atoms with van der Waals surface area (Å²) in [6.45, 7) is 1.74. The van der Waals surface area contributed by atoms with Crippen molar-refractivity contribution < 1.29 is 9.90 Å². The van der Waals surface area contributed by atoms with E-state index < -0.39 is 12.0 Å². The zero-order chi connectivity index (χ0) is 11.0. The Balaban J connectivity index is 2.42. The van der Waals surface area contributed by atoms with E-state index in [2.05, 4.69) is 31.5 Å². The van der Waals surface area contributed by atoms with Gasteiger partial charge in [0, 0.05) is 10.7 Å². The number of carbonyl (C=O) groups excluding carboxylic acids is 1. The van der Waals surface area contributed by atoms with E-state index in [0.29, 0.717) is 11.5 Å². The van der Waals surface area contributed by atoms with Crippen molar-refractivity contribution in [3.63, 3.8) is 0 Å². The van der Waals surface area contributed by atoms with Crippen molar-refractivity contribution in [1.82, 2.24) is 4.98 Å². The Morgan fingerprint density at radius 1 is 1.60 bits per heavy atom. The Hall–Kier alpha value is -1.14. The van der Waals surface area contributed by atoms with E-state index in [1.807, 2.05) is 0 Å². The van der Waals surface area contributed by atoms with Crippen LogP contribution in [-0.2, 0) is 4.79 Å². The number of hydrogen-bond acceptors (Lipinski definition) is 4. The molecule has 15 heavy (non-hydrogen) atoms. The number of fused-ring (bicyclic) bond motifs is 1. The number of aliphatic hydroxyl groups is 1. The predicted molar refractivity (Wildman–Crippen MR) is 59.7 cm³/mol. The van der Waals surface area contributed by atoms with Crippen LogP contribution in [0.2, 0.25) is 0 Å². The molecule has 3 N–H and O–H groups in total. The molecule has 2 rings (SSSR count). The number of nitrogens with one attached hydrogen (secondary N) is 2. The quantitative estimate of drug-likeness (QED) is 0.657. The van der Waals surface area contributed by atoms with E-state index in [9.17, 15) is 9.90 Å². The molecule has 1 aliphatic rings. The third kappa shape index (κ3) is 1.95. The van der Waals surface area contributed by atoms with Gasteiger partial charge in [-0.25, -0.2) is 4.98 Å². The highest BCUT2D eigenvalue weighted by atomic mass is 79.9. The summed E-state index contributed by atoms with van der Waals surface area (Å²) in [5, 5.41) is 15.1.